The smallest absolute Gasteiger partial charge is 0.149 e. The molecular formula is C11H17ClN4. The lowest BCUT2D eigenvalue weighted by Crippen LogP contribution is -2.33. The van der Waals surface area contributed by atoms with Gasteiger partial charge in [-0.15, -0.1) is 0 Å². The van der Waals surface area contributed by atoms with E-state index in [9.17, 15) is 0 Å². The van der Waals surface area contributed by atoms with Crippen LogP contribution in [-0.4, -0.2) is 41.0 Å². The highest BCUT2D eigenvalue weighted by Gasteiger charge is 2.08. The minimum absolute atomic E-state index is 0.433. The molecule has 0 unspecified atom stereocenters. The molecule has 1 aromatic heterocycles. The van der Waals surface area contributed by atoms with Crippen LogP contribution in [0, 0.1) is 0 Å². The summed E-state index contributed by atoms with van der Waals surface area (Å²) in [5, 5.41) is 3.67. The first kappa shape index (κ1) is 11.6. The molecule has 2 rings (SSSR count). The van der Waals surface area contributed by atoms with Gasteiger partial charge in [-0.2, -0.15) is 0 Å². The predicted molar refractivity (Wildman–Crippen MR) is 65.8 cm³/mol. The molecule has 5 heteroatoms. The first-order valence-corrected chi connectivity index (χ1v) is 6.16. The number of piperidine rings is 1. The third kappa shape index (κ3) is 3.61. The molecule has 88 valence electrons. The Labute approximate surface area is 101 Å². The van der Waals surface area contributed by atoms with Gasteiger partial charge in [0.05, 0.1) is 12.4 Å². The second-order valence-electron chi connectivity index (χ2n) is 4.06. The molecule has 0 aromatic carbocycles. The molecule has 16 heavy (non-hydrogen) atoms. The molecule has 0 atom stereocenters. The number of rotatable bonds is 4. The lowest BCUT2D eigenvalue weighted by Gasteiger charge is -2.26. The largest absolute Gasteiger partial charge is 0.367 e. The number of nitrogens with one attached hydrogen (secondary N) is 1. The molecule has 0 radical (unpaired) electrons. The molecule has 0 aliphatic carbocycles. The summed E-state index contributed by atoms with van der Waals surface area (Å²) in [7, 11) is 0. The molecule has 0 saturated carbocycles. The molecule has 1 saturated heterocycles. The summed E-state index contributed by atoms with van der Waals surface area (Å²) in [5.74, 6) is 0.754. The van der Waals surface area contributed by atoms with Crippen LogP contribution in [0.25, 0.3) is 0 Å². The Kier molecular flexibility index (Phi) is 4.36. The summed E-state index contributed by atoms with van der Waals surface area (Å²) >= 11 is 5.75. The summed E-state index contributed by atoms with van der Waals surface area (Å²) < 4.78 is 0. The van der Waals surface area contributed by atoms with Crippen molar-refractivity contribution in [1.29, 1.82) is 0 Å². The number of hydrogen-bond acceptors (Lipinski definition) is 4. The van der Waals surface area contributed by atoms with E-state index in [1.54, 1.807) is 6.20 Å². The van der Waals surface area contributed by atoms with Crippen LogP contribution in [-0.2, 0) is 0 Å². The molecule has 1 aliphatic rings. The lowest BCUT2D eigenvalue weighted by atomic mass is 10.1. The van der Waals surface area contributed by atoms with E-state index in [0.717, 1.165) is 18.9 Å². The summed E-state index contributed by atoms with van der Waals surface area (Å²) in [5.41, 5.74) is 0. The number of hydrogen-bond donors (Lipinski definition) is 1. The van der Waals surface area contributed by atoms with Gasteiger partial charge in [-0.05, 0) is 25.9 Å². The van der Waals surface area contributed by atoms with Crippen molar-refractivity contribution in [3.05, 3.63) is 17.5 Å². The van der Waals surface area contributed by atoms with Crippen LogP contribution in [0.5, 0.6) is 0 Å². The van der Waals surface area contributed by atoms with Crippen molar-refractivity contribution in [2.24, 2.45) is 0 Å². The fraction of sp³-hybridized carbons (Fsp3) is 0.636. The molecule has 4 nitrogen and oxygen atoms in total. The Hall–Kier alpha value is -0.870. The van der Waals surface area contributed by atoms with E-state index in [-0.39, 0.29) is 0 Å². The minimum atomic E-state index is 0.433. The molecular weight excluding hydrogens is 224 g/mol. The van der Waals surface area contributed by atoms with Gasteiger partial charge in [0.1, 0.15) is 11.0 Å². The van der Waals surface area contributed by atoms with Gasteiger partial charge < -0.3 is 10.2 Å². The van der Waals surface area contributed by atoms with Crippen molar-refractivity contribution < 1.29 is 0 Å². The van der Waals surface area contributed by atoms with Crippen LogP contribution >= 0.6 is 11.6 Å². The second-order valence-corrected chi connectivity index (χ2v) is 4.44. The normalized spacial score (nSPS) is 17.3. The summed E-state index contributed by atoms with van der Waals surface area (Å²) in [4.78, 5) is 10.6. The quantitative estimate of drug-likeness (QED) is 0.875. The molecule has 1 N–H and O–H groups in total. The van der Waals surface area contributed by atoms with Crippen molar-refractivity contribution in [2.75, 3.05) is 31.5 Å². The average molecular weight is 241 g/mol. The number of aromatic nitrogens is 2. The van der Waals surface area contributed by atoms with Gasteiger partial charge in [0.2, 0.25) is 0 Å². The highest BCUT2D eigenvalue weighted by atomic mass is 35.5. The van der Waals surface area contributed by atoms with E-state index in [0.29, 0.717) is 5.15 Å². The SMILES string of the molecule is Clc1cncc(NCCN2CCCCC2)n1. The fourth-order valence-corrected chi connectivity index (χ4v) is 2.10. The van der Waals surface area contributed by atoms with Gasteiger partial charge in [0.15, 0.2) is 0 Å². The van der Waals surface area contributed by atoms with E-state index in [2.05, 4.69) is 20.2 Å². The minimum Gasteiger partial charge on any atom is -0.367 e. The van der Waals surface area contributed by atoms with Gasteiger partial charge in [-0.25, -0.2) is 4.98 Å². The zero-order chi connectivity index (χ0) is 11.2. The van der Waals surface area contributed by atoms with E-state index in [4.69, 9.17) is 11.6 Å². The van der Waals surface area contributed by atoms with E-state index in [1.165, 1.54) is 38.5 Å². The van der Waals surface area contributed by atoms with E-state index < -0.39 is 0 Å². The van der Waals surface area contributed by atoms with Gasteiger partial charge in [-0.1, -0.05) is 18.0 Å². The van der Waals surface area contributed by atoms with Crippen LogP contribution in [0.2, 0.25) is 5.15 Å². The van der Waals surface area contributed by atoms with Crippen LogP contribution < -0.4 is 5.32 Å². The number of halogens is 1. The summed E-state index contributed by atoms with van der Waals surface area (Å²) in [6.07, 6.45) is 7.27. The van der Waals surface area contributed by atoms with Gasteiger partial charge in [-0.3, -0.25) is 4.98 Å². The van der Waals surface area contributed by atoms with E-state index in [1.807, 2.05) is 0 Å². The Bertz CT molecular complexity index is 326. The number of anilines is 1. The molecule has 1 aromatic rings. The molecule has 0 bridgehead atoms. The standard InChI is InChI=1S/C11H17ClN4/c12-10-8-13-9-11(15-10)14-4-7-16-5-2-1-3-6-16/h8-9H,1-7H2,(H,14,15). The zero-order valence-electron chi connectivity index (χ0n) is 9.32. The third-order valence-electron chi connectivity index (χ3n) is 2.79. The monoisotopic (exact) mass is 240 g/mol. The van der Waals surface area contributed by atoms with Crippen LogP contribution in [0.4, 0.5) is 5.82 Å². The third-order valence-corrected chi connectivity index (χ3v) is 2.97. The summed E-state index contributed by atoms with van der Waals surface area (Å²) in [6, 6.07) is 0. The first-order chi connectivity index (χ1) is 7.84. The van der Waals surface area contributed by atoms with Gasteiger partial charge >= 0.3 is 0 Å². The van der Waals surface area contributed by atoms with Crippen molar-refractivity contribution in [3.8, 4) is 0 Å². The molecule has 0 spiro atoms. The van der Waals surface area contributed by atoms with Gasteiger partial charge in [0.25, 0.3) is 0 Å². The van der Waals surface area contributed by atoms with Crippen molar-refractivity contribution >= 4 is 17.4 Å². The molecule has 0 amide bonds. The Morgan fingerprint density at radius 2 is 2.06 bits per heavy atom. The molecule has 2 heterocycles. The zero-order valence-corrected chi connectivity index (χ0v) is 10.1. The Balaban J connectivity index is 1.71. The summed E-state index contributed by atoms with van der Waals surface area (Å²) in [6.45, 7) is 4.41. The Morgan fingerprint density at radius 1 is 1.25 bits per heavy atom. The van der Waals surface area contributed by atoms with Crippen LogP contribution in [0.1, 0.15) is 19.3 Å². The maximum Gasteiger partial charge on any atom is 0.149 e. The maximum atomic E-state index is 5.75. The highest BCUT2D eigenvalue weighted by Crippen LogP contribution is 2.09. The average Bonchev–Trinajstić information content (AvgIpc) is 2.30. The topological polar surface area (TPSA) is 41.1 Å². The molecule has 1 fully saturated rings. The second kappa shape index (κ2) is 6.01. The van der Waals surface area contributed by atoms with Crippen molar-refractivity contribution in [3.63, 3.8) is 0 Å². The lowest BCUT2D eigenvalue weighted by molar-refractivity contribution is 0.237. The Morgan fingerprint density at radius 3 is 2.81 bits per heavy atom. The van der Waals surface area contributed by atoms with Crippen molar-refractivity contribution in [2.45, 2.75) is 19.3 Å². The van der Waals surface area contributed by atoms with Crippen LogP contribution in [0.3, 0.4) is 0 Å². The first-order valence-electron chi connectivity index (χ1n) is 5.78. The number of nitrogens with zero attached hydrogens (tertiary/aromatic N) is 3. The van der Waals surface area contributed by atoms with Crippen molar-refractivity contribution in [1.82, 2.24) is 14.9 Å². The fourth-order valence-electron chi connectivity index (χ4n) is 1.95. The van der Waals surface area contributed by atoms with Gasteiger partial charge in [0, 0.05) is 13.1 Å². The molecule has 1 aliphatic heterocycles. The van der Waals surface area contributed by atoms with Crippen LogP contribution in [0.15, 0.2) is 12.4 Å². The van der Waals surface area contributed by atoms with E-state index >= 15 is 0 Å². The highest BCUT2D eigenvalue weighted by molar-refractivity contribution is 6.29. The number of likely N-dealkylation sites (tertiary alicyclic amines) is 1. The predicted octanol–water partition coefficient (Wildman–Crippen LogP) is 2.03. The maximum absolute atomic E-state index is 5.75.